The average Bonchev–Trinajstić information content (AvgIpc) is 3.46. The normalized spacial score (nSPS) is 14.6. The van der Waals surface area contributed by atoms with Crippen LogP contribution in [-0.2, 0) is 22.7 Å². The molecule has 4 rings (SSSR count). The van der Waals surface area contributed by atoms with Gasteiger partial charge in [0.2, 0.25) is 5.91 Å². The van der Waals surface area contributed by atoms with Crippen LogP contribution >= 0.6 is 0 Å². The van der Waals surface area contributed by atoms with Crippen LogP contribution in [-0.4, -0.2) is 45.7 Å². The van der Waals surface area contributed by atoms with E-state index in [4.69, 9.17) is 9.15 Å². The summed E-state index contributed by atoms with van der Waals surface area (Å²) in [7, 11) is 0. The molecular weight excluding hydrogens is 384 g/mol. The second-order valence-electron chi connectivity index (χ2n) is 7.23. The van der Waals surface area contributed by atoms with Crippen LogP contribution in [0.5, 0.6) is 0 Å². The zero-order valence-electron chi connectivity index (χ0n) is 16.6. The molecule has 2 aromatic heterocycles. The van der Waals surface area contributed by atoms with Gasteiger partial charge >= 0.3 is 0 Å². The molecule has 8 heteroatoms. The Morgan fingerprint density at radius 2 is 1.93 bits per heavy atom. The molecule has 0 saturated carbocycles. The molecule has 1 fully saturated rings. The molecule has 3 heterocycles. The molecule has 0 radical (unpaired) electrons. The highest BCUT2D eigenvalue weighted by molar-refractivity contribution is 6.02. The number of piperidine rings is 1. The van der Waals surface area contributed by atoms with Crippen molar-refractivity contribution < 1.29 is 18.7 Å². The minimum Gasteiger partial charge on any atom is -0.459 e. The van der Waals surface area contributed by atoms with Gasteiger partial charge in [-0.1, -0.05) is 30.3 Å². The quantitative estimate of drug-likeness (QED) is 0.649. The number of aromatic nitrogens is 2. The third-order valence-corrected chi connectivity index (χ3v) is 5.06. The Balaban J connectivity index is 1.21. The first kappa shape index (κ1) is 19.9. The molecule has 8 nitrogen and oxygen atoms in total. The second-order valence-corrected chi connectivity index (χ2v) is 7.23. The van der Waals surface area contributed by atoms with Gasteiger partial charge in [0.15, 0.2) is 5.76 Å². The summed E-state index contributed by atoms with van der Waals surface area (Å²) in [6.45, 7) is 2.06. The monoisotopic (exact) mass is 408 g/mol. The highest BCUT2D eigenvalue weighted by Crippen LogP contribution is 2.16. The zero-order chi connectivity index (χ0) is 20.8. The second kappa shape index (κ2) is 9.41. The third kappa shape index (κ3) is 5.15. The lowest BCUT2D eigenvalue weighted by Gasteiger charge is -2.32. The Hall–Kier alpha value is -3.39. The molecule has 1 N–H and O–H groups in total. The van der Waals surface area contributed by atoms with Crippen molar-refractivity contribution in [1.29, 1.82) is 0 Å². The lowest BCUT2D eigenvalue weighted by atomic mass is 10.1. The van der Waals surface area contributed by atoms with Gasteiger partial charge in [-0.15, -0.1) is 0 Å². The van der Waals surface area contributed by atoms with E-state index in [0.29, 0.717) is 25.4 Å². The Labute approximate surface area is 174 Å². The number of hydrogen-bond donors (Lipinski definition) is 1. The summed E-state index contributed by atoms with van der Waals surface area (Å²) in [6, 6.07) is 13.3. The topological polar surface area (TPSA) is 89.6 Å². The molecule has 0 bridgehead atoms. The molecule has 1 aromatic carbocycles. The van der Waals surface area contributed by atoms with Crippen molar-refractivity contribution in [2.45, 2.75) is 32.1 Å². The Bertz CT molecular complexity index is 960. The fraction of sp³-hybridized carbons (Fsp3) is 0.318. The molecule has 1 aliphatic heterocycles. The van der Waals surface area contributed by atoms with Crippen LogP contribution in [0.3, 0.4) is 0 Å². The molecule has 156 valence electrons. The molecule has 0 atom stereocenters. The van der Waals surface area contributed by atoms with Crippen molar-refractivity contribution in [2.24, 2.45) is 0 Å². The predicted octanol–water partition coefficient (Wildman–Crippen LogP) is 2.94. The number of nitrogens with one attached hydrogen (secondary N) is 1. The molecule has 3 aromatic rings. The molecule has 30 heavy (non-hydrogen) atoms. The molecule has 1 saturated heterocycles. The molecule has 2 amide bonds. The SMILES string of the molecule is O=C(Nc1cnn(CC(=O)N2CCC(OCc3ccccc3)CC2)c1)c1ccco1. The van der Waals surface area contributed by atoms with Crippen LogP contribution in [0.25, 0.3) is 0 Å². The van der Waals surface area contributed by atoms with E-state index in [1.165, 1.54) is 17.1 Å². The number of likely N-dealkylation sites (tertiary alicyclic amines) is 1. The van der Waals surface area contributed by atoms with Gasteiger partial charge in [0, 0.05) is 19.3 Å². The van der Waals surface area contributed by atoms with Gasteiger partial charge in [0.1, 0.15) is 6.54 Å². The van der Waals surface area contributed by atoms with E-state index in [2.05, 4.69) is 10.4 Å². The minimum atomic E-state index is -0.358. The van der Waals surface area contributed by atoms with Gasteiger partial charge in [0.25, 0.3) is 5.91 Å². The van der Waals surface area contributed by atoms with Crippen LogP contribution in [0.4, 0.5) is 5.69 Å². The van der Waals surface area contributed by atoms with E-state index in [9.17, 15) is 9.59 Å². The lowest BCUT2D eigenvalue weighted by Crippen LogP contribution is -2.42. The van der Waals surface area contributed by atoms with Gasteiger partial charge in [-0.2, -0.15) is 5.10 Å². The molecule has 0 unspecified atom stereocenters. The maximum Gasteiger partial charge on any atom is 0.291 e. The minimum absolute atomic E-state index is 0.00326. The predicted molar refractivity (Wildman–Crippen MR) is 110 cm³/mol. The van der Waals surface area contributed by atoms with Crippen molar-refractivity contribution in [1.82, 2.24) is 14.7 Å². The standard InChI is InChI=1S/C22H24N4O4/c27-21(15-26-14-18(13-23-26)24-22(28)20-7-4-12-29-20)25-10-8-19(9-11-25)30-16-17-5-2-1-3-6-17/h1-7,12-14,19H,8-11,15-16H2,(H,24,28). The molecule has 0 aliphatic carbocycles. The van der Waals surface area contributed by atoms with E-state index in [1.54, 1.807) is 18.3 Å². The van der Waals surface area contributed by atoms with Crippen molar-refractivity contribution in [3.05, 3.63) is 72.4 Å². The van der Waals surface area contributed by atoms with Crippen molar-refractivity contribution >= 4 is 17.5 Å². The fourth-order valence-corrected chi connectivity index (χ4v) is 3.41. The molecular formula is C22H24N4O4. The average molecular weight is 408 g/mol. The Morgan fingerprint density at radius 3 is 2.67 bits per heavy atom. The van der Waals surface area contributed by atoms with Crippen molar-refractivity contribution in [2.75, 3.05) is 18.4 Å². The first-order valence-corrected chi connectivity index (χ1v) is 9.98. The molecule has 0 spiro atoms. The van der Waals surface area contributed by atoms with E-state index in [1.807, 2.05) is 35.2 Å². The number of furan rings is 1. The van der Waals surface area contributed by atoms with Gasteiger partial charge < -0.3 is 19.4 Å². The number of rotatable bonds is 7. The highest BCUT2D eigenvalue weighted by Gasteiger charge is 2.23. The van der Waals surface area contributed by atoms with Crippen LogP contribution in [0.15, 0.2) is 65.5 Å². The summed E-state index contributed by atoms with van der Waals surface area (Å²) in [6.07, 6.45) is 6.39. The Morgan fingerprint density at radius 1 is 1.13 bits per heavy atom. The van der Waals surface area contributed by atoms with Gasteiger partial charge in [-0.05, 0) is 30.5 Å². The highest BCUT2D eigenvalue weighted by atomic mass is 16.5. The number of amides is 2. The number of hydrogen-bond acceptors (Lipinski definition) is 5. The number of anilines is 1. The molecule has 1 aliphatic rings. The number of carbonyl (C=O) groups is 2. The number of ether oxygens (including phenoxy) is 1. The number of carbonyl (C=O) groups excluding carboxylic acids is 2. The first-order chi connectivity index (χ1) is 14.7. The lowest BCUT2D eigenvalue weighted by molar-refractivity contribution is -0.134. The zero-order valence-corrected chi connectivity index (χ0v) is 16.6. The summed E-state index contributed by atoms with van der Waals surface area (Å²) < 4.78 is 12.6. The fourth-order valence-electron chi connectivity index (χ4n) is 3.41. The van der Waals surface area contributed by atoms with Crippen molar-refractivity contribution in [3.63, 3.8) is 0 Å². The summed E-state index contributed by atoms with van der Waals surface area (Å²) in [5, 5.41) is 6.86. The van der Waals surface area contributed by atoms with Crippen LogP contribution in [0.1, 0.15) is 29.0 Å². The van der Waals surface area contributed by atoms with Gasteiger partial charge in [0.05, 0.1) is 30.9 Å². The first-order valence-electron chi connectivity index (χ1n) is 9.98. The van der Waals surface area contributed by atoms with Crippen LogP contribution in [0, 0.1) is 0 Å². The summed E-state index contributed by atoms with van der Waals surface area (Å²) in [5.74, 6) is -0.136. The van der Waals surface area contributed by atoms with E-state index >= 15 is 0 Å². The summed E-state index contributed by atoms with van der Waals surface area (Å²) in [4.78, 5) is 26.4. The smallest absolute Gasteiger partial charge is 0.291 e. The summed E-state index contributed by atoms with van der Waals surface area (Å²) >= 11 is 0. The van der Waals surface area contributed by atoms with E-state index < -0.39 is 0 Å². The van der Waals surface area contributed by atoms with Crippen molar-refractivity contribution in [3.8, 4) is 0 Å². The largest absolute Gasteiger partial charge is 0.459 e. The maximum atomic E-state index is 12.6. The maximum absolute atomic E-state index is 12.6. The van der Waals surface area contributed by atoms with Gasteiger partial charge in [-0.3, -0.25) is 14.3 Å². The van der Waals surface area contributed by atoms with Gasteiger partial charge in [-0.25, -0.2) is 0 Å². The van der Waals surface area contributed by atoms with E-state index in [0.717, 1.165) is 18.4 Å². The Kier molecular flexibility index (Phi) is 6.24. The van der Waals surface area contributed by atoms with Crippen LogP contribution < -0.4 is 5.32 Å². The summed E-state index contributed by atoms with van der Waals surface area (Å²) in [5.41, 5.74) is 1.67. The van der Waals surface area contributed by atoms with E-state index in [-0.39, 0.29) is 30.2 Å². The third-order valence-electron chi connectivity index (χ3n) is 5.06. The number of benzene rings is 1. The number of nitrogens with zero attached hydrogens (tertiary/aromatic N) is 3. The van der Waals surface area contributed by atoms with Crippen LogP contribution in [0.2, 0.25) is 0 Å².